The average molecular weight is 382 g/mol. The van der Waals surface area contributed by atoms with Gasteiger partial charge in [-0.3, -0.25) is 0 Å². The third kappa shape index (κ3) is 2.50. The van der Waals surface area contributed by atoms with Crippen LogP contribution in [0.4, 0.5) is 8.78 Å². The van der Waals surface area contributed by atoms with Crippen molar-refractivity contribution in [2.75, 3.05) is 0 Å². The van der Waals surface area contributed by atoms with Crippen molar-refractivity contribution in [3.63, 3.8) is 0 Å². The van der Waals surface area contributed by atoms with E-state index in [0.717, 1.165) is 6.20 Å². The van der Waals surface area contributed by atoms with Crippen molar-refractivity contribution in [2.45, 2.75) is 11.8 Å². The average Bonchev–Trinajstić information content (AvgIpc) is 2.09. The lowest BCUT2D eigenvalue weighted by Gasteiger charge is -2.08. The number of hydrogen-bond acceptors (Lipinski definition) is 1. The zero-order valence-electron chi connectivity index (χ0n) is 6.20. The molecule has 0 aliphatic rings. The van der Waals surface area contributed by atoms with Crippen LogP contribution in [0.25, 0.3) is 0 Å². The summed E-state index contributed by atoms with van der Waals surface area (Å²) in [4.78, 5) is 3.76. The standard InChI is InChI=1S/C7H4BrClF2IN/c8-1-3-4(6(10)11)2-13-7(12)5(3)9/h2,6H,1H2. The molecule has 0 bridgehead atoms. The highest BCUT2D eigenvalue weighted by atomic mass is 127. The van der Waals surface area contributed by atoms with Crippen molar-refractivity contribution in [1.29, 1.82) is 0 Å². The minimum Gasteiger partial charge on any atom is -0.248 e. The molecule has 1 nitrogen and oxygen atoms in total. The van der Waals surface area contributed by atoms with E-state index in [9.17, 15) is 8.78 Å². The molecular weight excluding hydrogens is 378 g/mol. The first-order chi connectivity index (χ1) is 6.07. The minimum atomic E-state index is -2.53. The fourth-order valence-corrected chi connectivity index (χ4v) is 2.29. The van der Waals surface area contributed by atoms with E-state index in [2.05, 4.69) is 20.9 Å². The molecule has 0 unspecified atom stereocenters. The van der Waals surface area contributed by atoms with Gasteiger partial charge in [0, 0.05) is 17.1 Å². The van der Waals surface area contributed by atoms with E-state index in [1.54, 1.807) is 0 Å². The topological polar surface area (TPSA) is 12.9 Å². The van der Waals surface area contributed by atoms with Gasteiger partial charge in [-0.25, -0.2) is 13.8 Å². The summed E-state index contributed by atoms with van der Waals surface area (Å²) < 4.78 is 25.3. The summed E-state index contributed by atoms with van der Waals surface area (Å²) in [5.41, 5.74) is 0.304. The van der Waals surface area contributed by atoms with Gasteiger partial charge in [-0.1, -0.05) is 27.5 Å². The van der Waals surface area contributed by atoms with Gasteiger partial charge < -0.3 is 0 Å². The van der Waals surface area contributed by atoms with Gasteiger partial charge >= 0.3 is 0 Å². The van der Waals surface area contributed by atoms with Gasteiger partial charge in [-0.15, -0.1) is 0 Å². The molecule has 1 rings (SSSR count). The fraction of sp³-hybridized carbons (Fsp3) is 0.286. The number of halogens is 5. The quantitative estimate of drug-likeness (QED) is 0.425. The number of hydrogen-bond donors (Lipinski definition) is 0. The molecule has 0 fully saturated rings. The normalized spacial score (nSPS) is 10.9. The van der Waals surface area contributed by atoms with Crippen LogP contribution in [0.1, 0.15) is 17.6 Å². The molecule has 0 aromatic carbocycles. The molecule has 1 heterocycles. The molecule has 0 saturated heterocycles. The maximum atomic E-state index is 12.4. The van der Waals surface area contributed by atoms with Gasteiger partial charge in [0.25, 0.3) is 6.43 Å². The molecule has 0 N–H and O–H groups in total. The molecule has 13 heavy (non-hydrogen) atoms. The second-order valence-corrected chi connectivity index (χ2v) is 4.19. The Morgan fingerprint density at radius 3 is 2.69 bits per heavy atom. The highest BCUT2D eigenvalue weighted by Gasteiger charge is 2.17. The van der Waals surface area contributed by atoms with Crippen molar-refractivity contribution in [3.8, 4) is 0 Å². The first-order valence-electron chi connectivity index (χ1n) is 3.24. The molecule has 0 radical (unpaired) electrons. The zero-order chi connectivity index (χ0) is 10.0. The predicted octanol–water partition coefficient (Wildman–Crippen LogP) is 4.17. The Balaban J connectivity index is 3.30. The number of rotatable bonds is 2. The molecule has 0 saturated carbocycles. The van der Waals surface area contributed by atoms with E-state index in [1.807, 2.05) is 22.6 Å². The Morgan fingerprint density at radius 2 is 2.23 bits per heavy atom. The van der Waals surface area contributed by atoms with E-state index in [1.165, 1.54) is 0 Å². The van der Waals surface area contributed by atoms with Crippen LogP contribution in [-0.2, 0) is 5.33 Å². The van der Waals surface area contributed by atoms with E-state index in [-0.39, 0.29) is 5.56 Å². The first kappa shape index (κ1) is 11.6. The number of alkyl halides is 3. The lowest BCUT2D eigenvalue weighted by atomic mass is 10.2. The molecule has 0 atom stereocenters. The van der Waals surface area contributed by atoms with E-state index >= 15 is 0 Å². The van der Waals surface area contributed by atoms with Gasteiger partial charge in [0.2, 0.25) is 0 Å². The van der Waals surface area contributed by atoms with Crippen LogP contribution in [-0.4, -0.2) is 4.98 Å². The highest BCUT2D eigenvalue weighted by molar-refractivity contribution is 14.1. The fourth-order valence-electron chi connectivity index (χ4n) is 0.836. The van der Waals surface area contributed by atoms with Crippen LogP contribution in [0.15, 0.2) is 6.20 Å². The second-order valence-electron chi connectivity index (χ2n) is 2.23. The van der Waals surface area contributed by atoms with Crippen LogP contribution in [0.3, 0.4) is 0 Å². The molecule has 72 valence electrons. The molecule has 6 heteroatoms. The third-order valence-corrected chi connectivity index (χ3v) is 3.58. The van der Waals surface area contributed by atoms with Gasteiger partial charge in [-0.05, 0) is 28.2 Å². The summed E-state index contributed by atoms with van der Waals surface area (Å²) in [5, 5.41) is 0.611. The Labute approximate surface area is 101 Å². The largest absolute Gasteiger partial charge is 0.265 e. The van der Waals surface area contributed by atoms with Crippen molar-refractivity contribution in [1.82, 2.24) is 4.98 Å². The summed E-state index contributed by atoms with van der Waals surface area (Å²) in [5.74, 6) is 0. The Morgan fingerprint density at radius 1 is 1.62 bits per heavy atom. The summed E-state index contributed by atoms with van der Waals surface area (Å²) in [6, 6.07) is 0. The Kier molecular flexibility index (Phi) is 4.31. The van der Waals surface area contributed by atoms with Crippen molar-refractivity contribution in [3.05, 3.63) is 26.0 Å². The van der Waals surface area contributed by atoms with Gasteiger partial charge in [0.1, 0.15) is 3.70 Å². The van der Waals surface area contributed by atoms with Gasteiger partial charge in [0.05, 0.1) is 5.02 Å². The first-order valence-corrected chi connectivity index (χ1v) is 5.82. The smallest absolute Gasteiger partial charge is 0.248 e. The molecule has 1 aromatic heterocycles. The predicted molar refractivity (Wildman–Crippen MR) is 59.6 cm³/mol. The summed E-state index contributed by atoms with van der Waals surface area (Å²) in [6.07, 6.45) is -1.37. The molecule has 1 aromatic rings. The SMILES string of the molecule is FC(F)c1cnc(I)c(Cl)c1CBr. The van der Waals surface area contributed by atoms with E-state index in [0.29, 0.717) is 19.6 Å². The van der Waals surface area contributed by atoms with Crippen molar-refractivity contribution < 1.29 is 8.78 Å². The Bertz CT molecular complexity index is 322. The van der Waals surface area contributed by atoms with E-state index < -0.39 is 6.43 Å². The van der Waals surface area contributed by atoms with Crippen LogP contribution in [0.5, 0.6) is 0 Å². The van der Waals surface area contributed by atoms with Gasteiger partial charge in [-0.2, -0.15) is 0 Å². The Hall–Kier alpha value is 0.510. The van der Waals surface area contributed by atoms with Crippen LogP contribution in [0.2, 0.25) is 5.02 Å². The van der Waals surface area contributed by atoms with Gasteiger partial charge in [0.15, 0.2) is 0 Å². The third-order valence-electron chi connectivity index (χ3n) is 1.48. The highest BCUT2D eigenvalue weighted by Crippen LogP contribution is 2.31. The van der Waals surface area contributed by atoms with Crippen LogP contribution < -0.4 is 0 Å². The van der Waals surface area contributed by atoms with Crippen molar-refractivity contribution in [2.24, 2.45) is 0 Å². The molecular formula is C7H4BrClF2IN. The van der Waals surface area contributed by atoms with E-state index in [4.69, 9.17) is 11.6 Å². The number of aromatic nitrogens is 1. The summed E-state index contributed by atoms with van der Waals surface area (Å²) >= 11 is 10.8. The summed E-state index contributed by atoms with van der Waals surface area (Å²) in [7, 11) is 0. The molecule has 0 aliphatic carbocycles. The van der Waals surface area contributed by atoms with Crippen molar-refractivity contribution >= 4 is 50.1 Å². The molecule has 0 amide bonds. The second kappa shape index (κ2) is 4.84. The lowest BCUT2D eigenvalue weighted by molar-refractivity contribution is 0.150. The minimum absolute atomic E-state index is 0.109. The summed E-state index contributed by atoms with van der Waals surface area (Å²) in [6.45, 7) is 0. The monoisotopic (exact) mass is 381 g/mol. The maximum Gasteiger partial charge on any atom is 0.265 e. The van der Waals surface area contributed by atoms with Crippen LogP contribution in [0, 0.1) is 3.70 Å². The van der Waals surface area contributed by atoms with Crippen LogP contribution >= 0.6 is 50.1 Å². The molecule has 0 spiro atoms. The molecule has 0 aliphatic heterocycles. The number of pyridine rings is 1. The number of nitrogens with zero attached hydrogens (tertiary/aromatic N) is 1. The lowest BCUT2D eigenvalue weighted by Crippen LogP contribution is -1.97. The maximum absolute atomic E-state index is 12.4. The zero-order valence-corrected chi connectivity index (χ0v) is 10.7.